The maximum Gasteiger partial charge on any atom is 0.227 e. The molecule has 1 aromatic carbocycles. The lowest BCUT2D eigenvalue weighted by Gasteiger charge is -2.24. The van der Waals surface area contributed by atoms with Gasteiger partial charge >= 0.3 is 0 Å². The summed E-state index contributed by atoms with van der Waals surface area (Å²) < 4.78 is 5.22. The topological polar surface area (TPSA) is 49.8 Å². The number of rotatable bonds is 3. The lowest BCUT2D eigenvalue weighted by Crippen LogP contribution is -2.35. The van der Waals surface area contributed by atoms with Gasteiger partial charge in [0.05, 0.1) is 25.4 Å². The van der Waals surface area contributed by atoms with Crippen LogP contribution in [0.2, 0.25) is 0 Å². The summed E-state index contributed by atoms with van der Waals surface area (Å²) >= 11 is 0. The summed E-state index contributed by atoms with van der Waals surface area (Å²) in [5.74, 6) is 0.708. The number of carbonyl (C=O) groups is 1. The Balaban J connectivity index is 2.38. The number of hydrogen-bond donors (Lipinski definition) is 1. The third-order valence-corrected chi connectivity index (χ3v) is 2.88. The molecule has 1 aliphatic heterocycles. The van der Waals surface area contributed by atoms with Crippen LogP contribution < -0.4 is 9.64 Å². The lowest BCUT2D eigenvalue weighted by atomic mass is 10.2. The largest absolute Gasteiger partial charge is 0.495 e. The van der Waals surface area contributed by atoms with Gasteiger partial charge in [-0.2, -0.15) is 0 Å². The van der Waals surface area contributed by atoms with Crippen molar-refractivity contribution in [2.45, 2.75) is 18.9 Å². The van der Waals surface area contributed by atoms with Crippen LogP contribution in [0.4, 0.5) is 5.69 Å². The number of benzene rings is 1. The molecule has 0 spiro atoms. The van der Waals surface area contributed by atoms with Crippen LogP contribution in [0.15, 0.2) is 24.3 Å². The van der Waals surface area contributed by atoms with E-state index in [2.05, 4.69) is 0 Å². The second-order valence-electron chi connectivity index (χ2n) is 3.81. The predicted octanol–water partition coefficient (Wildman–Crippen LogP) is 1.18. The molecule has 16 heavy (non-hydrogen) atoms. The molecule has 4 nitrogen and oxygen atoms in total. The summed E-state index contributed by atoms with van der Waals surface area (Å²) in [5.41, 5.74) is 0.742. The number of ether oxygens (including phenoxy) is 1. The third kappa shape index (κ3) is 1.76. The van der Waals surface area contributed by atoms with Gasteiger partial charge in [0.15, 0.2) is 0 Å². The number of methoxy groups -OCH3 is 1. The summed E-state index contributed by atoms with van der Waals surface area (Å²) in [6.07, 6.45) is 1.19. The molecule has 0 radical (unpaired) electrons. The number of nitrogens with zero attached hydrogens (tertiary/aromatic N) is 1. The molecule has 86 valence electrons. The Hall–Kier alpha value is -1.55. The van der Waals surface area contributed by atoms with Crippen molar-refractivity contribution in [3.8, 4) is 5.75 Å². The molecule has 0 bridgehead atoms. The van der Waals surface area contributed by atoms with E-state index in [0.29, 0.717) is 18.6 Å². The monoisotopic (exact) mass is 221 g/mol. The smallest absolute Gasteiger partial charge is 0.227 e. The zero-order valence-corrected chi connectivity index (χ0v) is 9.22. The van der Waals surface area contributed by atoms with Crippen molar-refractivity contribution in [1.82, 2.24) is 0 Å². The molecule has 0 aliphatic carbocycles. The van der Waals surface area contributed by atoms with Crippen molar-refractivity contribution in [3.63, 3.8) is 0 Å². The zero-order valence-electron chi connectivity index (χ0n) is 9.22. The summed E-state index contributed by atoms with van der Waals surface area (Å²) in [6.45, 7) is -0.0101. The van der Waals surface area contributed by atoms with Gasteiger partial charge in [-0.1, -0.05) is 12.1 Å². The quantitative estimate of drug-likeness (QED) is 0.834. The van der Waals surface area contributed by atoms with Crippen molar-refractivity contribution in [2.75, 3.05) is 18.6 Å². The molecule has 4 heteroatoms. The first-order valence-corrected chi connectivity index (χ1v) is 5.34. The van der Waals surface area contributed by atoms with E-state index in [0.717, 1.165) is 5.69 Å². The highest BCUT2D eigenvalue weighted by atomic mass is 16.5. The second-order valence-corrected chi connectivity index (χ2v) is 3.81. The van der Waals surface area contributed by atoms with Gasteiger partial charge in [-0.05, 0) is 18.6 Å². The minimum Gasteiger partial charge on any atom is -0.495 e. The molecule has 0 saturated carbocycles. The first-order chi connectivity index (χ1) is 7.77. The normalized spacial score (nSPS) is 20.2. The van der Waals surface area contributed by atoms with E-state index in [1.54, 1.807) is 12.0 Å². The maximum atomic E-state index is 11.8. The van der Waals surface area contributed by atoms with Crippen LogP contribution in [0.1, 0.15) is 12.8 Å². The predicted molar refractivity (Wildman–Crippen MR) is 60.6 cm³/mol. The summed E-state index contributed by atoms with van der Waals surface area (Å²) in [7, 11) is 1.58. The fraction of sp³-hybridized carbons (Fsp3) is 0.417. The van der Waals surface area contributed by atoms with Crippen molar-refractivity contribution < 1.29 is 14.6 Å². The molecule has 1 N–H and O–H groups in total. The van der Waals surface area contributed by atoms with Gasteiger partial charge in [0.25, 0.3) is 0 Å². The molecule has 1 aliphatic rings. The number of carbonyl (C=O) groups excluding carboxylic acids is 1. The SMILES string of the molecule is COc1ccccc1N1C(=O)CCC1CO. The molecular weight excluding hydrogens is 206 g/mol. The van der Waals surface area contributed by atoms with Gasteiger partial charge in [0.1, 0.15) is 5.75 Å². The van der Waals surface area contributed by atoms with E-state index < -0.39 is 0 Å². The first-order valence-electron chi connectivity index (χ1n) is 5.34. The highest BCUT2D eigenvalue weighted by Crippen LogP contribution is 2.33. The Labute approximate surface area is 94.4 Å². The average molecular weight is 221 g/mol. The van der Waals surface area contributed by atoms with E-state index in [1.165, 1.54) is 0 Å². The van der Waals surface area contributed by atoms with E-state index in [9.17, 15) is 9.90 Å². The molecule has 1 heterocycles. The van der Waals surface area contributed by atoms with Crippen LogP contribution in [0.25, 0.3) is 0 Å². The highest BCUT2D eigenvalue weighted by molar-refractivity contribution is 5.97. The van der Waals surface area contributed by atoms with Crippen molar-refractivity contribution in [2.24, 2.45) is 0 Å². The van der Waals surface area contributed by atoms with Crippen LogP contribution in [0, 0.1) is 0 Å². The van der Waals surface area contributed by atoms with Crippen LogP contribution in [-0.2, 0) is 4.79 Å². The molecule has 1 atom stereocenters. The van der Waals surface area contributed by atoms with E-state index in [1.807, 2.05) is 24.3 Å². The van der Waals surface area contributed by atoms with E-state index >= 15 is 0 Å². The van der Waals surface area contributed by atoms with Crippen molar-refractivity contribution in [1.29, 1.82) is 0 Å². The fourth-order valence-electron chi connectivity index (χ4n) is 2.08. The maximum absolute atomic E-state index is 11.8. The van der Waals surface area contributed by atoms with Gasteiger partial charge in [0.2, 0.25) is 5.91 Å². The molecule has 2 rings (SSSR count). The number of amides is 1. The van der Waals surface area contributed by atoms with E-state index in [4.69, 9.17) is 4.74 Å². The summed E-state index contributed by atoms with van der Waals surface area (Å²) in [6, 6.07) is 7.25. The summed E-state index contributed by atoms with van der Waals surface area (Å²) in [5, 5.41) is 9.24. The average Bonchev–Trinajstić information content (AvgIpc) is 2.70. The molecule has 0 aromatic heterocycles. The Bertz CT molecular complexity index is 392. The van der Waals surface area contributed by atoms with E-state index in [-0.39, 0.29) is 18.6 Å². The van der Waals surface area contributed by atoms with Crippen LogP contribution in [0.5, 0.6) is 5.75 Å². The number of para-hydroxylation sites is 2. The molecular formula is C12H15NO3. The molecule has 1 saturated heterocycles. The van der Waals surface area contributed by atoms with Crippen LogP contribution >= 0.6 is 0 Å². The van der Waals surface area contributed by atoms with Gasteiger partial charge in [-0.15, -0.1) is 0 Å². The van der Waals surface area contributed by atoms with Crippen molar-refractivity contribution >= 4 is 11.6 Å². The zero-order chi connectivity index (χ0) is 11.5. The third-order valence-electron chi connectivity index (χ3n) is 2.88. The minimum atomic E-state index is -0.121. The Morgan fingerprint density at radius 1 is 1.50 bits per heavy atom. The molecule has 1 amide bonds. The molecule has 1 unspecified atom stereocenters. The second kappa shape index (κ2) is 4.53. The first kappa shape index (κ1) is 11.0. The van der Waals surface area contributed by atoms with Crippen LogP contribution in [-0.4, -0.2) is 30.8 Å². The van der Waals surface area contributed by atoms with Gasteiger partial charge < -0.3 is 14.7 Å². The number of aliphatic hydroxyl groups is 1. The Morgan fingerprint density at radius 3 is 2.94 bits per heavy atom. The standard InChI is InChI=1S/C12H15NO3/c1-16-11-5-3-2-4-10(11)13-9(8-14)6-7-12(13)15/h2-5,9,14H,6-8H2,1H3. The molecule has 1 fully saturated rings. The number of anilines is 1. The van der Waals surface area contributed by atoms with Crippen molar-refractivity contribution in [3.05, 3.63) is 24.3 Å². The highest BCUT2D eigenvalue weighted by Gasteiger charge is 2.32. The summed E-state index contributed by atoms with van der Waals surface area (Å²) in [4.78, 5) is 13.4. The van der Waals surface area contributed by atoms with Gasteiger partial charge in [-0.25, -0.2) is 0 Å². The van der Waals surface area contributed by atoms with Crippen LogP contribution in [0.3, 0.4) is 0 Å². The Kier molecular flexibility index (Phi) is 3.10. The lowest BCUT2D eigenvalue weighted by molar-refractivity contribution is -0.117. The number of aliphatic hydroxyl groups excluding tert-OH is 1. The Morgan fingerprint density at radius 2 is 2.25 bits per heavy atom. The fourth-order valence-corrected chi connectivity index (χ4v) is 2.08. The molecule has 1 aromatic rings. The minimum absolute atomic E-state index is 0.0101. The van der Waals surface area contributed by atoms with Gasteiger partial charge in [-0.3, -0.25) is 4.79 Å². The van der Waals surface area contributed by atoms with Gasteiger partial charge in [0, 0.05) is 6.42 Å². The number of hydrogen-bond acceptors (Lipinski definition) is 3.